The van der Waals surface area contributed by atoms with Gasteiger partial charge in [-0.2, -0.15) is 0 Å². The monoisotopic (exact) mass is 281 g/mol. The molecule has 1 aliphatic carbocycles. The number of rotatable bonds is 5. The predicted molar refractivity (Wildman–Crippen MR) is 75.9 cm³/mol. The molecule has 6 heteroatoms. The number of nitrogens with one attached hydrogen (secondary N) is 1. The third kappa shape index (κ3) is 3.68. The molecule has 0 radical (unpaired) electrons. The highest BCUT2D eigenvalue weighted by Crippen LogP contribution is 2.26. The quantitative estimate of drug-likeness (QED) is 0.512. The van der Waals surface area contributed by atoms with Crippen LogP contribution in [0.15, 0.2) is 29.1 Å². The van der Waals surface area contributed by atoms with Crippen LogP contribution in [0.25, 0.3) is 0 Å². The normalized spacial score (nSPS) is 18.6. The molecule has 0 aliphatic heterocycles. The van der Waals surface area contributed by atoms with Crippen LogP contribution in [0, 0.1) is 5.92 Å². The van der Waals surface area contributed by atoms with Crippen LogP contribution in [0.5, 0.6) is 0 Å². The van der Waals surface area contributed by atoms with Crippen LogP contribution in [-0.4, -0.2) is 21.9 Å². The van der Waals surface area contributed by atoms with Crippen molar-refractivity contribution < 1.29 is 4.79 Å². The Balaban J connectivity index is 1.88. The largest absolute Gasteiger partial charge is 0.300 e. The summed E-state index contributed by atoms with van der Waals surface area (Å²) in [4.78, 5) is 12.0. The van der Waals surface area contributed by atoms with Crippen LogP contribution in [0.3, 0.4) is 0 Å². The van der Waals surface area contributed by atoms with Gasteiger partial charge < -0.3 is 5.32 Å². The third-order valence-corrected chi connectivity index (χ3v) is 4.57. The van der Waals surface area contributed by atoms with E-state index in [1.54, 1.807) is 11.8 Å². The lowest BCUT2D eigenvalue weighted by molar-refractivity contribution is -0.120. The molecule has 0 saturated heterocycles. The number of aromatic nitrogens is 2. The molecule has 1 N–H and O–H groups in total. The van der Waals surface area contributed by atoms with Crippen molar-refractivity contribution in [2.45, 2.75) is 23.6 Å². The van der Waals surface area contributed by atoms with Crippen LogP contribution in [0.1, 0.15) is 19.3 Å². The van der Waals surface area contributed by atoms with Crippen molar-refractivity contribution >= 4 is 34.1 Å². The molecule has 0 saturated carbocycles. The van der Waals surface area contributed by atoms with E-state index in [1.807, 2.05) is 6.08 Å². The van der Waals surface area contributed by atoms with Crippen LogP contribution in [0.2, 0.25) is 0 Å². The summed E-state index contributed by atoms with van der Waals surface area (Å²) in [5.41, 5.74) is 0. The number of nitrogens with zero attached hydrogens (tertiary/aromatic N) is 2. The minimum Gasteiger partial charge on any atom is -0.300 e. The molecule has 1 amide bonds. The lowest BCUT2D eigenvalue weighted by Crippen LogP contribution is -2.23. The molecular weight excluding hydrogens is 266 g/mol. The van der Waals surface area contributed by atoms with E-state index >= 15 is 0 Å². The molecule has 0 bridgehead atoms. The molecule has 1 aromatic rings. The second kappa shape index (κ2) is 6.70. The number of hydrogen-bond acceptors (Lipinski definition) is 5. The van der Waals surface area contributed by atoms with Gasteiger partial charge in [-0.25, -0.2) is 0 Å². The lowest BCUT2D eigenvalue weighted by Gasteiger charge is -2.15. The van der Waals surface area contributed by atoms with E-state index in [9.17, 15) is 4.79 Å². The van der Waals surface area contributed by atoms with Crippen molar-refractivity contribution in [2.75, 3.05) is 11.1 Å². The van der Waals surface area contributed by atoms with Crippen LogP contribution in [0.4, 0.5) is 5.13 Å². The molecule has 0 spiro atoms. The maximum atomic E-state index is 12.0. The van der Waals surface area contributed by atoms with Crippen LogP contribution < -0.4 is 5.32 Å². The van der Waals surface area contributed by atoms with Crippen LogP contribution in [-0.2, 0) is 4.79 Å². The number of anilines is 1. The molecule has 1 atom stereocenters. The van der Waals surface area contributed by atoms with Gasteiger partial charge in [0.1, 0.15) is 0 Å². The Labute approximate surface area is 115 Å². The van der Waals surface area contributed by atoms with Gasteiger partial charge in [0.15, 0.2) is 4.34 Å². The first-order valence-corrected chi connectivity index (χ1v) is 7.63. The van der Waals surface area contributed by atoms with Gasteiger partial charge in [-0.1, -0.05) is 41.3 Å². The first kappa shape index (κ1) is 13.3. The Bertz CT molecular complexity index is 456. The van der Waals surface area contributed by atoms with Gasteiger partial charge in [-0.15, -0.1) is 16.8 Å². The number of thioether (sulfide) groups is 1. The van der Waals surface area contributed by atoms with Crippen molar-refractivity contribution in [1.82, 2.24) is 10.2 Å². The van der Waals surface area contributed by atoms with Gasteiger partial charge in [0.05, 0.1) is 0 Å². The van der Waals surface area contributed by atoms with Gasteiger partial charge >= 0.3 is 0 Å². The lowest BCUT2D eigenvalue weighted by atomic mass is 9.94. The molecule has 0 unspecified atom stereocenters. The average Bonchev–Trinajstić information content (AvgIpc) is 2.85. The number of carbonyl (C=O) groups excluding carboxylic acids is 1. The summed E-state index contributed by atoms with van der Waals surface area (Å²) in [6.07, 6.45) is 8.73. The Hall–Kier alpha value is -1.14. The third-order valence-electron chi connectivity index (χ3n) is 2.60. The Morgan fingerprint density at radius 3 is 3.22 bits per heavy atom. The topological polar surface area (TPSA) is 54.9 Å². The molecule has 1 aliphatic rings. The van der Waals surface area contributed by atoms with Gasteiger partial charge in [0.2, 0.25) is 11.0 Å². The molecule has 96 valence electrons. The van der Waals surface area contributed by atoms with E-state index in [0.717, 1.165) is 29.4 Å². The molecule has 18 heavy (non-hydrogen) atoms. The second-order valence-corrected chi connectivity index (χ2v) is 6.19. The summed E-state index contributed by atoms with van der Waals surface area (Å²) in [6.45, 7) is 3.65. The molecule has 0 aromatic carbocycles. The standard InChI is InChI=1S/C12H15N3OS2/c1-2-8-17-12-15-14-11(18-12)13-10(16)9-6-4-3-5-7-9/h2-4,9H,1,5-8H2,(H,13,14,16)/t9-/m0/s1. The zero-order valence-corrected chi connectivity index (χ0v) is 11.6. The van der Waals surface area contributed by atoms with E-state index < -0.39 is 0 Å². The maximum Gasteiger partial charge on any atom is 0.229 e. The van der Waals surface area contributed by atoms with Crippen molar-refractivity contribution in [3.8, 4) is 0 Å². The SMILES string of the molecule is C=CCSc1nnc(NC(=O)[C@H]2CC=CCC2)s1. The van der Waals surface area contributed by atoms with E-state index in [-0.39, 0.29) is 11.8 Å². The summed E-state index contributed by atoms with van der Waals surface area (Å²) >= 11 is 2.98. The smallest absolute Gasteiger partial charge is 0.229 e. The van der Waals surface area contributed by atoms with Crippen molar-refractivity contribution in [3.63, 3.8) is 0 Å². The fraction of sp³-hybridized carbons (Fsp3) is 0.417. The molecular formula is C12H15N3OS2. The van der Waals surface area contributed by atoms with Crippen molar-refractivity contribution in [2.24, 2.45) is 5.92 Å². The molecule has 1 aromatic heterocycles. The van der Waals surface area contributed by atoms with Gasteiger partial charge in [0, 0.05) is 11.7 Å². The first-order chi connectivity index (χ1) is 8.79. The first-order valence-electron chi connectivity index (χ1n) is 5.82. The van der Waals surface area contributed by atoms with Gasteiger partial charge in [0.25, 0.3) is 0 Å². The fourth-order valence-corrected chi connectivity index (χ4v) is 3.20. The Morgan fingerprint density at radius 1 is 1.61 bits per heavy atom. The summed E-state index contributed by atoms with van der Waals surface area (Å²) in [5.74, 6) is 0.926. The molecule has 0 fully saturated rings. The zero-order valence-electron chi connectivity index (χ0n) is 9.96. The summed E-state index contributed by atoms with van der Waals surface area (Å²) < 4.78 is 0.855. The molecule has 1 heterocycles. The fourth-order valence-electron chi connectivity index (χ4n) is 1.69. The minimum absolute atomic E-state index is 0.0516. The van der Waals surface area contributed by atoms with Crippen molar-refractivity contribution in [3.05, 3.63) is 24.8 Å². The van der Waals surface area contributed by atoms with E-state index in [4.69, 9.17) is 0 Å². The predicted octanol–water partition coefficient (Wildman–Crippen LogP) is 3.11. The number of hydrogen-bond donors (Lipinski definition) is 1. The van der Waals surface area contributed by atoms with Crippen LogP contribution >= 0.6 is 23.1 Å². The number of carbonyl (C=O) groups is 1. The highest BCUT2D eigenvalue weighted by Gasteiger charge is 2.19. The Kier molecular flexibility index (Phi) is 4.95. The Morgan fingerprint density at radius 2 is 2.50 bits per heavy atom. The summed E-state index contributed by atoms with van der Waals surface area (Å²) in [5, 5.41) is 11.4. The summed E-state index contributed by atoms with van der Waals surface area (Å²) in [6, 6.07) is 0. The second-order valence-electron chi connectivity index (χ2n) is 3.94. The number of amides is 1. The molecule has 4 nitrogen and oxygen atoms in total. The average molecular weight is 281 g/mol. The molecule has 2 rings (SSSR count). The zero-order chi connectivity index (χ0) is 12.8. The van der Waals surface area contributed by atoms with Crippen molar-refractivity contribution in [1.29, 1.82) is 0 Å². The highest BCUT2D eigenvalue weighted by atomic mass is 32.2. The maximum absolute atomic E-state index is 12.0. The number of allylic oxidation sites excluding steroid dienone is 2. The van der Waals surface area contributed by atoms with Gasteiger partial charge in [-0.3, -0.25) is 4.79 Å². The van der Waals surface area contributed by atoms with E-state index in [2.05, 4.69) is 34.2 Å². The highest BCUT2D eigenvalue weighted by molar-refractivity contribution is 8.01. The van der Waals surface area contributed by atoms with E-state index in [1.165, 1.54) is 11.3 Å². The summed E-state index contributed by atoms with van der Waals surface area (Å²) in [7, 11) is 0. The van der Waals surface area contributed by atoms with Gasteiger partial charge in [-0.05, 0) is 19.3 Å². The van der Waals surface area contributed by atoms with E-state index in [0.29, 0.717) is 5.13 Å². The minimum atomic E-state index is 0.0516.